The van der Waals surface area contributed by atoms with Crippen molar-refractivity contribution in [3.8, 4) is 5.75 Å². The van der Waals surface area contributed by atoms with Crippen LogP contribution < -0.4 is 9.64 Å². The Balaban J connectivity index is 1.83. The topological polar surface area (TPSA) is 55.8 Å². The Hall–Kier alpha value is -3.08. The number of esters is 1. The van der Waals surface area contributed by atoms with Crippen molar-refractivity contribution >= 4 is 17.6 Å². The largest absolute Gasteiger partial charge is 0.494 e. The van der Waals surface area contributed by atoms with E-state index < -0.39 is 0 Å². The van der Waals surface area contributed by atoms with Crippen molar-refractivity contribution < 1.29 is 19.1 Å². The van der Waals surface area contributed by atoms with Crippen LogP contribution in [0.1, 0.15) is 24.8 Å². The number of ether oxygens (including phenoxy) is 2. The second-order valence-corrected chi connectivity index (χ2v) is 6.23. The molecule has 1 amide bonds. The monoisotopic (exact) mass is 349 g/mol. The SMILES string of the molecule is CCOc1ccccc1[C@H]1CC(=O)N(c2ccccc2)C2=C1C(=O)OC2. The molecule has 0 N–H and O–H groups in total. The highest BCUT2D eigenvalue weighted by Gasteiger charge is 2.43. The van der Waals surface area contributed by atoms with Crippen LogP contribution in [0, 0.1) is 0 Å². The quantitative estimate of drug-likeness (QED) is 0.794. The number of carbonyl (C=O) groups excluding carboxylic acids is 2. The summed E-state index contributed by atoms with van der Waals surface area (Å²) in [5, 5.41) is 0. The van der Waals surface area contributed by atoms with Crippen LogP contribution in [-0.4, -0.2) is 25.1 Å². The molecule has 2 aromatic rings. The molecule has 0 unspecified atom stereocenters. The molecule has 132 valence electrons. The Labute approximate surface area is 151 Å². The van der Waals surface area contributed by atoms with E-state index in [1.54, 1.807) is 4.90 Å². The first-order valence-corrected chi connectivity index (χ1v) is 8.70. The number of carbonyl (C=O) groups is 2. The fourth-order valence-corrected chi connectivity index (χ4v) is 3.65. The number of amides is 1. The lowest BCUT2D eigenvalue weighted by atomic mass is 9.83. The van der Waals surface area contributed by atoms with Crippen molar-refractivity contribution in [1.82, 2.24) is 0 Å². The van der Waals surface area contributed by atoms with Crippen LogP contribution in [0.5, 0.6) is 5.75 Å². The summed E-state index contributed by atoms with van der Waals surface area (Å²) >= 11 is 0. The van der Waals surface area contributed by atoms with Gasteiger partial charge in [0.2, 0.25) is 5.91 Å². The van der Waals surface area contributed by atoms with Crippen molar-refractivity contribution in [3.05, 3.63) is 71.4 Å². The molecule has 2 heterocycles. The minimum absolute atomic E-state index is 0.0513. The van der Waals surface area contributed by atoms with Crippen molar-refractivity contribution in [1.29, 1.82) is 0 Å². The lowest BCUT2D eigenvalue weighted by Crippen LogP contribution is -2.37. The number of hydrogen-bond donors (Lipinski definition) is 0. The zero-order valence-electron chi connectivity index (χ0n) is 14.5. The average Bonchev–Trinajstić information content (AvgIpc) is 3.04. The van der Waals surface area contributed by atoms with Gasteiger partial charge in [-0.3, -0.25) is 9.69 Å². The van der Waals surface area contributed by atoms with Crippen LogP contribution in [0.3, 0.4) is 0 Å². The van der Waals surface area contributed by atoms with E-state index >= 15 is 0 Å². The Morgan fingerprint density at radius 1 is 1.08 bits per heavy atom. The summed E-state index contributed by atoms with van der Waals surface area (Å²) in [4.78, 5) is 27.1. The predicted molar refractivity (Wildman–Crippen MR) is 96.9 cm³/mol. The van der Waals surface area contributed by atoms with Gasteiger partial charge in [0.1, 0.15) is 12.4 Å². The second-order valence-electron chi connectivity index (χ2n) is 6.23. The third kappa shape index (κ3) is 2.65. The number of para-hydroxylation sites is 2. The number of cyclic esters (lactones) is 1. The van der Waals surface area contributed by atoms with Crippen LogP contribution in [0.25, 0.3) is 0 Å². The summed E-state index contributed by atoms with van der Waals surface area (Å²) in [6.45, 7) is 2.54. The number of rotatable bonds is 4. The van der Waals surface area contributed by atoms with E-state index in [1.165, 1.54) is 0 Å². The van der Waals surface area contributed by atoms with Gasteiger partial charge in [0.05, 0.1) is 17.9 Å². The third-order valence-electron chi connectivity index (χ3n) is 4.73. The van der Waals surface area contributed by atoms with Crippen molar-refractivity contribution in [3.63, 3.8) is 0 Å². The van der Waals surface area contributed by atoms with Gasteiger partial charge in [0, 0.05) is 23.6 Å². The van der Waals surface area contributed by atoms with E-state index in [2.05, 4.69) is 0 Å². The van der Waals surface area contributed by atoms with Gasteiger partial charge >= 0.3 is 5.97 Å². The third-order valence-corrected chi connectivity index (χ3v) is 4.73. The minimum Gasteiger partial charge on any atom is -0.494 e. The number of nitrogens with zero attached hydrogens (tertiary/aromatic N) is 1. The van der Waals surface area contributed by atoms with E-state index in [0.29, 0.717) is 23.6 Å². The Bertz CT molecular complexity index is 888. The molecule has 5 heteroatoms. The van der Waals surface area contributed by atoms with Crippen LogP contribution in [0.4, 0.5) is 5.69 Å². The minimum atomic E-state index is -0.357. The maximum Gasteiger partial charge on any atom is 0.336 e. The molecule has 1 atom stereocenters. The van der Waals surface area contributed by atoms with Gasteiger partial charge in [-0.25, -0.2) is 4.79 Å². The van der Waals surface area contributed by atoms with Crippen LogP contribution in [0.2, 0.25) is 0 Å². The molecule has 0 fully saturated rings. The fourth-order valence-electron chi connectivity index (χ4n) is 3.65. The van der Waals surface area contributed by atoms with Crippen LogP contribution in [-0.2, 0) is 14.3 Å². The van der Waals surface area contributed by atoms with Crippen LogP contribution in [0.15, 0.2) is 65.9 Å². The first-order valence-electron chi connectivity index (χ1n) is 8.70. The second kappa shape index (κ2) is 6.67. The maximum absolute atomic E-state index is 13.0. The molecule has 0 saturated carbocycles. The van der Waals surface area contributed by atoms with Gasteiger partial charge in [-0.1, -0.05) is 36.4 Å². The summed E-state index contributed by atoms with van der Waals surface area (Å²) < 4.78 is 11.0. The number of hydrogen-bond acceptors (Lipinski definition) is 4. The van der Waals surface area contributed by atoms with Gasteiger partial charge < -0.3 is 9.47 Å². The summed E-state index contributed by atoms with van der Waals surface area (Å²) in [6, 6.07) is 16.9. The normalized spacial score (nSPS) is 19.4. The predicted octanol–water partition coefficient (Wildman–Crippen LogP) is 3.42. The highest BCUT2D eigenvalue weighted by molar-refractivity contribution is 6.06. The highest BCUT2D eigenvalue weighted by Crippen LogP contribution is 2.44. The first-order chi connectivity index (χ1) is 12.7. The van der Waals surface area contributed by atoms with E-state index in [-0.39, 0.29) is 30.8 Å². The Morgan fingerprint density at radius 3 is 2.58 bits per heavy atom. The lowest BCUT2D eigenvalue weighted by Gasteiger charge is -2.32. The summed E-state index contributed by atoms with van der Waals surface area (Å²) in [7, 11) is 0. The molecule has 0 spiro atoms. The van der Waals surface area contributed by atoms with Crippen molar-refractivity contribution in [2.24, 2.45) is 0 Å². The zero-order valence-corrected chi connectivity index (χ0v) is 14.5. The van der Waals surface area contributed by atoms with Gasteiger partial charge in [-0.2, -0.15) is 0 Å². The molecule has 0 saturated heterocycles. The zero-order chi connectivity index (χ0) is 18.1. The smallest absolute Gasteiger partial charge is 0.336 e. The number of benzene rings is 2. The summed E-state index contributed by atoms with van der Waals surface area (Å²) in [5.41, 5.74) is 2.79. The molecular weight excluding hydrogens is 330 g/mol. The molecule has 0 bridgehead atoms. The lowest BCUT2D eigenvalue weighted by molar-refractivity contribution is -0.136. The molecule has 2 aliphatic heterocycles. The molecule has 5 nitrogen and oxygen atoms in total. The van der Waals surface area contributed by atoms with E-state index in [4.69, 9.17) is 9.47 Å². The van der Waals surface area contributed by atoms with Gasteiger partial charge in [0.25, 0.3) is 0 Å². The van der Waals surface area contributed by atoms with E-state index in [1.807, 2.05) is 61.5 Å². The van der Waals surface area contributed by atoms with Gasteiger partial charge in [-0.15, -0.1) is 0 Å². The van der Waals surface area contributed by atoms with Crippen molar-refractivity contribution in [2.75, 3.05) is 18.1 Å². The van der Waals surface area contributed by atoms with E-state index in [0.717, 1.165) is 11.3 Å². The molecule has 0 aromatic heterocycles. The maximum atomic E-state index is 13.0. The number of anilines is 1. The molecule has 26 heavy (non-hydrogen) atoms. The molecule has 0 aliphatic carbocycles. The summed E-state index contributed by atoms with van der Waals surface area (Å²) in [5.74, 6) is -0.0583. The highest BCUT2D eigenvalue weighted by atomic mass is 16.5. The van der Waals surface area contributed by atoms with Gasteiger partial charge in [0.15, 0.2) is 0 Å². The molecule has 0 radical (unpaired) electrons. The first kappa shape index (κ1) is 16.4. The standard InChI is InChI=1S/C21H19NO4/c1-2-25-18-11-7-6-10-15(18)16-12-19(23)22(14-8-4-3-5-9-14)17-13-26-21(24)20(16)17/h3-11,16H,2,12-13H2,1H3/t16-/m1/s1. The summed E-state index contributed by atoms with van der Waals surface area (Å²) in [6.07, 6.45) is 0.201. The molecule has 2 aliphatic rings. The molecular formula is C21H19NO4. The van der Waals surface area contributed by atoms with E-state index in [9.17, 15) is 9.59 Å². The Kier molecular flexibility index (Phi) is 4.21. The van der Waals surface area contributed by atoms with Crippen LogP contribution >= 0.6 is 0 Å². The average molecular weight is 349 g/mol. The molecule has 4 rings (SSSR count). The van der Waals surface area contributed by atoms with Gasteiger partial charge in [-0.05, 0) is 25.1 Å². The van der Waals surface area contributed by atoms with Crippen molar-refractivity contribution in [2.45, 2.75) is 19.3 Å². The molecule has 2 aromatic carbocycles. The Morgan fingerprint density at radius 2 is 1.81 bits per heavy atom. The fraction of sp³-hybridized carbons (Fsp3) is 0.238.